The predicted octanol–water partition coefficient (Wildman–Crippen LogP) is 3.59. The largest absolute Gasteiger partial charge is 0.477 e. The van der Waals surface area contributed by atoms with Gasteiger partial charge >= 0.3 is 6.09 Å². The van der Waals surface area contributed by atoms with Crippen LogP contribution < -0.4 is 10.1 Å². The van der Waals surface area contributed by atoms with Crippen molar-refractivity contribution in [1.82, 2.24) is 0 Å². The van der Waals surface area contributed by atoms with Crippen LogP contribution in [0.3, 0.4) is 0 Å². The van der Waals surface area contributed by atoms with Gasteiger partial charge in [0.25, 0.3) is 0 Å². The number of nitrogens with one attached hydrogen (secondary N) is 1. The second kappa shape index (κ2) is 6.30. The van der Waals surface area contributed by atoms with Gasteiger partial charge in [-0.25, -0.2) is 4.79 Å². The molecular weight excluding hydrogens is 268 g/mol. The third-order valence-corrected chi connectivity index (χ3v) is 2.10. The molecule has 0 aliphatic rings. The van der Waals surface area contributed by atoms with Crippen LogP contribution in [0.25, 0.3) is 0 Å². The van der Waals surface area contributed by atoms with Crippen molar-refractivity contribution in [2.24, 2.45) is 0 Å². The maximum atomic E-state index is 11.7. The summed E-state index contributed by atoms with van der Waals surface area (Å²) in [6.07, 6.45) is -0.614. The van der Waals surface area contributed by atoms with Crippen molar-refractivity contribution in [3.8, 4) is 11.8 Å². The molecule has 0 radical (unpaired) electrons. The lowest BCUT2D eigenvalue weighted by Crippen LogP contribution is -2.27. The summed E-state index contributed by atoms with van der Waals surface area (Å²) in [5.41, 5.74) is -0.243. The van der Waals surface area contributed by atoms with Crippen molar-refractivity contribution < 1.29 is 14.3 Å². The Morgan fingerprint density at radius 1 is 1.47 bits per heavy atom. The van der Waals surface area contributed by atoms with E-state index in [4.69, 9.17) is 26.3 Å². The number of carbonyl (C=O) groups is 1. The second-order valence-electron chi connectivity index (χ2n) is 4.71. The van der Waals surface area contributed by atoms with Gasteiger partial charge in [-0.05, 0) is 39.0 Å². The maximum Gasteiger partial charge on any atom is 0.412 e. The molecule has 1 rings (SSSR count). The van der Waals surface area contributed by atoms with Gasteiger partial charge in [0.05, 0.1) is 5.69 Å². The Morgan fingerprint density at radius 3 is 2.74 bits per heavy atom. The Bertz CT molecular complexity index is 504. The SMILES string of the molecule is CC(C)(C)OC(=O)Nc1cc(Cl)ccc1OCC#N. The van der Waals surface area contributed by atoms with Crippen molar-refractivity contribution in [2.45, 2.75) is 26.4 Å². The van der Waals surface area contributed by atoms with E-state index in [1.165, 1.54) is 6.07 Å². The number of carbonyl (C=O) groups excluding carboxylic acids is 1. The molecule has 5 nitrogen and oxygen atoms in total. The van der Waals surface area contributed by atoms with E-state index in [1.807, 2.05) is 6.07 Å². The summed E-state index contributed by atoms with van der Waals surface area (Å²) in [5.74, 6) is 0.358. The molecular formula is C13H15ClN2O3. The lowest BCUT2D eigenvalue weighted by Gasteiger charge is -2.20. The average Bonchev–Trinajstić information content (AvgIpc) is 2.25. The van der Waals surface area contributed by atoms with Crippen molar-refractivity contribution in [3.05, 3.63) is 23.2 Å². The van der Waals surface area contributed by atoms with Crippen LogP contribution in [0.15, 0.2) is 18.2 Å². The third-order valence-electron chi connectivity index (χ3n) is 1.87. The summed E-state index contributed by atoms with van der Waals surface area (Å²) >= 11 is 5.85. The minimum absolute atomic E-state index is 0.120. The summed E-state index contributed by atoms with van der Waals surface area (Å²) in [6.45, 7) is 5.16. The molecule has 1 amide bonds. The fourth-order valence-electron chi connectivity index (χ4n) is 1.25. The number of hydrogen-bond donors (Lipinski definition) is 1. The molecule has 1 aromatic rings. The van der Waals surface area contributed by atoms with Crippen LogP contribution in [-0.4, -0.2) is 18.3 Å². The highest BCUT2D eigenvalue weighted by molar-refractivity contribution is 6.31. The third kappa shape index (κ3) is 5.49. The number of rotatable bonds is 3. The zero-order valence-electron chi connectivity index (χ0n) is 11.0. The smallest absolute Gasteiger partial charge is 0.412 e. The van der Waals surface area contributed by atoms with E-state index in [0.29, 0.717) is 16.5 Å². The Labute approximate surface area is 117 Å². The number of nitrogens with zero attached hydrogens (tertiary/aromatic N) is 1. The van der Waals surface area contributed by atoms with E-state index in [0.717, 1.165) is 0 Å². The Kier molecular flexibility index (Phi) is 5.02. The first-order chi connectivity index (χ1) is 8.81. The van der Waals surface area contributed by atoms with E-state index in [9.17, 15) is 4.79 Å². The van der Waals surface area contributed by atoms with Gasteiger partial charge in [-0.1, -0.05) is 11.6 Å². The summed E-state index contributed by atoms with van der Waals surface area (Å²) < 4.78 is 10.3. The molecule has 1 N–H and O–H groups in total. The van der Waals surface area contributed by atoms with E-state index in [1.54, 1.807) is 32.9 Å². The zero-order chi connectivity index (χ0) is 14.5. The minimum atomic E-state index is -0.614. The van der Waals surface area contributed by atoms with Gasteiger partial charge in [-0.15, -0.1) is 0 Å². The van der Waals surface area contributed by atoms with E-state index >= 15 is 0 Å². The standard InChI is InChI=1S/C13H15ClN2O3/c1-13(2,3)19-12(17)16-10-8-9(14)4-5-11(10)18-7-6-15/h4-5,8H,7H2,1-3H3,(H,16,17). The molecule has 0 aromatic heterocycles. The number of halogens is 1. The van der Waals surface area contributed by atoms with E-state index in [-0.39, 0.29) is 6.61 Å². The highest BCUT2D eigenvalue weighted by atomic mass is 35.5. The summed E-state index contributed by atoms with van der Waals surface area (Å²) in [4.78, 5) is 11.7. The van der Waals surface area contributed by atoms with Crippen molar-refractivity contribution in [2.75, 3.05) is 11.9 Å². The van der Waals surface area contributed by atoms with E-state index in [2.05, 4.69) is 5.32 Å². The summed E-state index contributed by atoms with van der Waals surface area (Å²) in [7, 11) is 0. The predicted molar refractivity (Wildman–Crippen MR) is 72.4 cm³/mol. The molecule has 0 aliphatic carbocycles. The molecule has 0 spiro atoms. The molecule has 1 aromatic carbocycles. The van der Waals surface area contributed by atoms with Crippen LogP contribution in [0.1, 0.15) is 20.8 Å². The Morgan fingerprint density at radius 2 is 2.16 bits per heavy atom. The molecule has 19 heavy (non-hydrogen) atoms. The topological polar surface area (TPSA) is 71.3 Å². The summed E-state index contributed by atoms with van der Waals surface area (Å²) in [6, 6.07) is 6.56. The van der Waals surface area contributed by atoms with E-state index < -0.39 is 11.7 Å². The second-order valence-corrected chi connectivity index (χ2v) is 5.15. The van der Waals surface area contributed by atoms with Crippen LogP contribution >= 0.6 is 11.6 Å². The molecule has 0 heterocycles. The zero-order valence-corrected chi connectivity index (χ0v) is 11.7. The Balaban J connectivity index is 2.84. The number of anilines is 1. The highest BCUT2D eigenvalue weighted by Crippen LogP contribution is 2.28. The molecule has 0 atom stereocenters. The van der Waals surface area contributed by atoms with Crippen LogP contribution in [0.5, 0.6) is 5.75 Å². The molecule has 0 bridgehead atoms. The monoisotopic (exact) mass is 282 g/mol. The molecule has 102 valence electrons. The molecule has 0 saturated carbocycles. The summed E-state index contributed by atoms with van der Waals surface area (Å²) in [5, 5.41) is 11.5. The number of hydrogen-bond acceptors (Lipinski definition) is 4. The van der Waals surface area contributed by atoms with Gasteiger partial charge in [0.1, 0.15) is 17.4 Å². The Hall–Kier alpha value is -1.93. The molecule has 6 heteroatoms. The van der Waals surface area contributed by atoms with Gasteiger partial charge in [0, 0.05) is 5.02 Å². The molecule has 0 aliphatic heterocycles. The van der Waals surface area contributed by atoms with Gasteiger partial charge in [-0.2, -0.15) is 5.26 Å². The highest BCUT2D eigenvalue weighted by Gasteiger charge is 2.17. The fourth-order valence-corrected chi connectivity index (χ4v) is 1.42. The lowest BCUT2D eigenvalue weighted by molar-refractivity contribution is 0.0635. The lowest BCUT2D eigenvalue weighted by atomic mass is 10.2. The van der Waals surface area contributed by atoms with Crippen LogP contribution in [-0.2, 0) is 4.74 Å². The average molecular weight is 283 g/mol. The number of ether oxygens (including phenoxy) is 2. The normalized spacial score (nSPS) is 10.5. The quantitative estimate of drug-likeness (QED) is 0.919. The molecule has 0 unspecified atom stereocenters. The molecule has 0 saturated heterocycles. The van der Waals surface area contributed by atoms with Gasteiger partial charge in [-0.3, -0.25) is 5.32 Å². The van der Waals surface area contributed by atoms with Crippen molar-refractivity contribution in [1.29, 1.82) is 5.26 Å². The fraction of sp³-hybridized carbons (Fsp3) is 0.385. The maximum absolute atomic E-state index is 11.7. The van der Waals surface area contributed by atoms with Crippen LogP contribution in [0.4, 0.5) is 10.5 Å². The first kappa shape index (κ1) is 15.1. The van der Waals surface area contributed by atoms with Crippen LogP contribution in [0, 0.1) is 11.3 Å². The number of benzene rings is 1. The molecule has 0 fully saturated rings. The first-order valence-corrected chi connectivity index (χ1v) is 5.99. The minimum Gasteiger partial charge on any atom is -0.477 e. The number of amides is 1. The van der Waals surface area contributed by atoms with Gasteiger partial charge in [0.15, 0.2) is 6.61 Å². The van der Waals surface area contributed by atoms with Crippen molar-refractivity contribution >= 4 is 23.4 Å². The first-order valence-electron chi connectivity index (χ1n) is 5.61. The van der Waals surface area contributed by atoms with Crippen molar-refractivity contribution in [3.63, 3.8) is 0 Å². The van der Waals surface area contributed by atoms with Crippen LogP contribution in [0.2, 0.25) is 5.02 Å². The number of nitriles is 1. The van der Waals surface area contributed by atoms with Gasteiger partial charge in [0.2, 0.25) is 0 Å². The van der Waals surface area contributed by atoms with Gasteiger partial charge < -0.3 is 9.47 Å².